The van der Waals surface area contributed by atoms with E-state index in [9.17, 15) is 9.59 Å². The van der Waals surface area contributed by atoms with Crippen molar-refractivity contribution in [1.82, 2.24) is 19.7 Å². The molecule has 1 aliphatic heterocycles. The van der Waals surface area contributed by atoms with Gasteiger partial charge in [-0.25, -0.2) is 0 Å². The van der Waals surface area contributed by atoms with Crippen molar-refractivity contribution < 1.29 is 4.79 Å². The van der Waals surface area contributed by atoms with E-state index in [4.69, 9.17) is 0 Å². The first-order valence-electron chi connectivity index (χ1n) is 14.8. The van der Waals surface area contributed by atoms with Gasteiger partial charge in [-0.2, -0.15) is 0 Å². The van der Waals surface area contributed by atoms with Crippen molar-refractivity contribution in [2.75, 3.05) is 48.3 Å². The molecule has 224 valence electrons. The maximum Gasteiger partial charge on any atom is 0.274 e. The van der Waals surface area contributed by atoms with Gasteiger partial charge in [0.15, 0.2) is 11.6 Å². The van der Waals surface area contributed by atoms with Crippen LogP contribution in [0, 0.1) is 6.92 Å². The first kappa shape index (κ1) is 30.0. The number of nitrogens with one attached hydrogen (secondary N) is 2. The van der Waals surface area contributed by atoms with Crippen LogP contribution in [0.2, 0.25) is 0 Å². The molecular formula is C34H41N7O2. The van der Waals surface area contributed by atoms with E-state index in [-0.39, 0.29) is 16.9 Å². The van der Waals surface area contributed by atoms with Crippen LogP contribution >= 0.6 is 0 Å². The number of carbonyl (C=O) groups excluding carboxylic acids is 1. The van der Waals surface area contributed by atoms with Gasteiger partial charge < -0.3 is 25.0 Å². The minimum atomic E-state index is -0.175. The lowest BCUT2D eigenvalue weighted by molar-refractivity contribution is 0.102. The van der Waals surface area contributed by atoms with Crippen molar-refractivity contribution in [3.05, 3.63) is 93.9 Å². The van der Waals surface area contributed by atoms with Gasteiger partial charge in [0.25, 0.3) is 11.5 Å². The van der Waals surface area contributed by atoms with Crippen molar-refractivity contribution in [3.63, 3.8) is 0 Å². The molecule has 1 aliphatic rings. The third-order valence-electron chi connectivity index (χ3n) is 8.15. The van der Waals surface area contributed by atoms with Crippen LogP contribution in [0.15, 0.2) is 71.7 Å². The Hall–Kier alpha value is -4.50. The van der Waals surface area contributed by atoms with Crippen LogP contribution in [-0.2, 0) is 12.5 Å². The van der Waals surface area contributed by atoms with Gasteiger partial charge in [-0.1, -0.05) is 52.0 Å². The molecule has 0 bridgehead atoms. The summed E-state index contributed by atoms with van der Waals surface area (Å²) in [7, 11) is 1.73. The van der Waals surface area contributed by atoms with Crippen molar-refractivity contribution in [2.45, 2.75) is 40.0 Å². The molecule has 0 unspecified atom stereocenters. The number of aryl methyl sites for hydroxylation is 1. The van der Waals surface area contributed by atoms with Gasteiger partial charge in [0.1, 0.15) is 5.69 Å². The topological polar surface area (TPSA) is 95.4 Å². The molecule has 0 aliphatic carbocycles. The van der Waals surface area contributed by atoms with Crippen LogP contribution in [-0.4, -0.2) is 58.3 Å². The summed E-state index contributed by atoms with van der Waals surface area (Å²) in [6.45, 7) is 15.5. The zero-order valence-electron chi connectivity index (χ0n) is 25.9. The molecule has 5 rings (SSSR count). The lowest BCUT2D eigenvalue weighted by Crippen LogP contribution is -2.46. The largest absolute Gasteiger partial charge is 0.353 e. The summed E-state index contributed by atoms with van der Waals surface area (Å²) >= 11 is 0. The number of amides is 1. The van der Waals surface area contributed by atoms with Gasteiger partial charge in [0.2, 0.25) is 0 Å². The predicted octanol–water partition coefficient (Wildman–Crippen LogP) is 5.59. The van der Waals surface area contributed by atoms with Crippen LogP contribution in [0.5, 0.6) is 0 Å². The summed E-state index contributed by atoms with van der Waals surface area (Å²) in [6, 6.07) is 19.1. The number of hydrogen-bond donors (Lipinski definition) is 2. The lowest BCUT2D eigenvalue weighted by atomic mass is 9.86. The molecule has 2 N–H and O–H groups in total. The highest BCUT2D eigenvalue weighted by molar-refractivity contribution is 6.05. The second-order valence-corrected chi connectivity index (χ2v) is 12.1. The van der Waals surface area contributed by atoms with Crippen molar-refractivity contribution in [2.24, 2.45) is 7.05 Å². The number of pyridine rings is 1. The SMILES string of the molecule is CCN1CCN(c2ccc(Nc3cc(-c4cccc(NC(=O)c5ccc(C(C)(C)C)cc5)c4C)cn(C)c3=O)nn2)CC1. The smallest absolute Gasteiger partial charge is 0.274 e. The fourth-order valence-corrected chi connectivity index (χ4v) is 5.34. The van der Waals surface area contributed by atoms with E-state index in [0.717, 1.165) is 55.2 Å². The summed E-state index contributed by atoms with van der Waals surface area (Å²) < 4.78 is 1.55. The van der Waals surface area contributed by atoms with Crippen LogP contribution < -0.4 is 21.1 Å². The Morgan fingerprint density at radius 1 is 0.930 bits per heavy atom. The Morgan fingerprint density at radius 2 is 1.65 bits per heavy atom. The molecule has 0 saturated carbocycles. The molecule has 3 heterocycles. The van der Waals surface area contributed by atoms with Gasteiger partial charge in [0.05, 0.1) is 0 Å². The molecule has 0 atom stereocenters. The van der Waals surface area contributed by atoms with Crippen molar-refractivity contribution in [3.8, 4) is 11.1 Å². The number of hydrogen-bond acceptors (Lipinski definition) is 7. The molecular weight excluding hydrogens is 538 g/mol. The molecule has 4 aromatic rings. The predicted molar refractivity (Wildman–Crippen MR) is 175 cm³/mol. The van der Waals surface area contributed by atoms with E-state index in [1.165, 1.54) is 5.56 Å². The number of anilines is 4. The van der Waals surface area contributed by atoms with E-state index in [0.29, 0.717) is 22.8 Å². The minimum Gasteiger partial charge on any atom is -0.353 e. The van der Waals surface area contributed by atoms with Crippen molar-refractivity contribution >= 4 is 28.9 Å². The summed E-state index contributed by atoms with van der Waals surface area (Å²) in [4.78, 5) is 30.8. The normalized spacial score (nSPS) is 14.0. The Balaban J connectivity index is 1.34. The summed E-state index contributed by atoms with van der Waals surface area (Å²) in [5.41, 5.74) is 5.38. The summed E-state index contributed by atoms with van der Waals surface area (Å²) in [5.74, 6) is 1.17. The standard InChI is InChI=1S/C34H41N7O2/c1-7-40-17-19-41(20-18-40)31-16-15-30(37-38-31)35-29-21-25(22-39(6)33(29)43)27-9-8-10-28(23(27)2)36-32(42)24-11-13-26(14-12-24)34(3,4)5/h8-16,21-22H,7,17-20H2,1-6H3,(H,35,37)(H,36,42). The molecule has 2 aromatic carbocycles. The van der Waals surface area contributed by atoms with E-state index in [1.807, 2.05) is 67.6 Å². The molecule has 0 spiro atoms. The minimum absolute atomic E-state index is 0.0176. The number of benzene rings is 2. The molecule has 43 heavy (non-hydrogen) atoms. The maximum atomic E-state index is 13.1. The molecule has 2 aromatic heterocycles. The van der Waals surface area contributed by atoms with E-state index in [2.05, 4.69) is 58.3 Å². The molecule has 0 radical (unpaired) electrons. The second-order valence-electron chi connectivity index (χ2n) is 12.1. The monoisotopic (exact) mass is 579 g/mol. The third-order valence-corrected chi connectivity index (χ3v) is 8.15. The Bertz CT molecular complexity index is 1650. The number of piperazine rings is 1. The number of nitrogens with zero attached hydrogens (tertiary/aromatic N) is 5. The van der Waals surface area contributed by atoms with Gasteiger partial charge in [0, 0.05) is 56.2 Å². The Kier molecular flexibility index (Phi) is 8.64. The molecule has 9 nitrogen and oxygen atoms in total. The fraction of sp³-hybridized carbons (Fsp3) is 0.353. The van der Waals surface area contributed by atoms with E-state index < -0.39 is 0 Å². The quantitative estimate of drug-likeness (QED) is 0.295. The average molecular weight is 580 g/mol. The van der Waals surface area contributed by atoms with E-state index in [1.54, 1.807) is 17.8 Å². The van der Waals surface area contributed by atoms with Crippen molar-refractivity contribution in [1.29, 1.82) is 0 Å². The average Bonchev–Trinajstić information content (AvgIpc) is 3.00. The maximum absolute atomic E-state index is 13.1. The highest BCUT2D eigenvalue weighted by atomic mass is 16.1. The molecule has 1 amide bonds. The second kappa shape index (κ2) is 12.4. The zero-order valence-corrected chi connectivity index (χ0v) is 25.9. The Morgan fingerprint density at radius 3 is 2.28 bits per heavy atom. The zero-order chi connectivity index (χ0) is 30.7. The number of likely N-dealkylation sites (N-methyl/N-ethyl adjacent to an activating group) is 1. The van der Waals surface area contributed by atoms with Gasteiger partial charge in [-0.3, -0.25) is 9.59 Å². The van der Waals surface area contributed by atoms with Crippen LogP contribution in [0.3, 0.4) is 0 Å². The highest BCUT2D eigenvalue weighted by Gasteiger charge is 2.18. The van der Waals surface area contributed by atoms with E-state index >= 15 is 0 Å². The van der Waals surface area contributed by atoms with Gasteiger partial charge in [-0.15, -0.1) is 10.2 Å². The fourth-order valence-electron chi connectivity index (χ4n) is 5.34. The number of rotatable bonds is 7. The van der Waals surface area contributed by atoms with Crippen LogP contribution in [0.4, 0.5) is 23.0 Å². The molecule has 9 heteroatoms. The number of carbonyl (C=O) groups is 1. The van der Waals surface area contributed by atoms with Crippen LogP contribution in [0.25, 0.3) is 11.1 Å². The first-order valence-corrected chi connectivity index (χ1v) is 14.8. The van der Waals surface area contributed by atoms with Crippen LogP contribution in [0.1, 0.15) is 49.2 Å². The molecule has 1 saturated heterocycles. The Labute approximate surface area is 253 Å². The lowest BCUT2D eigenvalue weighted by Gasteiger charge is -2.34. The number of aromatic nitrogens is 3. The molecule has 1 fully saturated rings. The van der Waals surface area contributed by atoms with Gasteiger partial charge in [-0.05, 0) is 72.0 Å². The van der Waals surface area contributed by atoms with Gasteiger partial charge >= 0.3 is 0 Å². The highest BCUT2D eigenvalue weighted by Crippen LogP contribution is 2.30. The summed E-state index contributed by atoms with van der Waals surface area (Å²) in [6.07, 6.45) is 1.80. The third kappa shape index (κ3) is 6.78. The summed E-state index contributed by atoms with van der Waals surface area (Å²) in [5, 5.41) is 15.0. The first-order chi connectivity index (χ1) is 20.5.